The zero-order valence-corrected chi connectivity index (χ0v) is 12.8. The highest BCUT2D eigenvalue weighted by molar-refractivity contribution is 7.18. The van der Waals surface area contributed by atoms with Crippen molar-refractivity contribution in [2.24, 2.45) is 0 Å². The van der Waals surface area contributed by atoms with Gasteiger partial charge in [-0.05, 0) is 33.3 Å². The molecule has 3 heterocycles. The topological polar surface area (TPSA) is 63.6 Å². The summed E-state index contributed by atoms with van der Waals surface area (Å²) < 4.78 is 1.99. The molecule has 3 aromatic heterocycles. The van der Waals surface area contributed by atoms with Gasteiger partial charge in [0, 0.05) is 10.6 Å². The summed E-state index contributed by atoms with van der Waals surface area (Å²) in [5.74, 6) is 0.671. The van der Waals surface area contributed by atoms with Crippen LogP contribution >= 0.6 is 11.3 Å². The molecule has 0 aliphatic carbocycles. The van der Waals surface area contributed by atoms with Gasteiger partial charge in [0.2, 0.25) is 0 Å². The minimum atomic E-state index is -0.0543. The fraction of sp³-hybridized carbons (Fsp3) is 0.357. The lowest BCUT2D eigenvalue weighted by Crippen LogP contribution is -2.14. The Morgan fingerprint density at radius 1 is 1.30 bits per heavy atom. The van der Waals surface area contributed by atoms with Crippen LogP contribution in [0.3, 0.4) is 0 Å². The third-order valence-corrected chi connectivity index (χ3v) is 4.85. The molecule has 104 valence electrons. The molecule has 0 amide bonds. The van der Waals surface area contributed by atoms with Crippen molar-refractivity contribution in [2.75, 3.05) is 0 Å². The van der Waals surface area contributed by atoms with Gasteiger partial charge in [-0.2, -0.15) is 0 Å². The summed E-state index contributed by atoms with van der Waals surface area (Å²) in [4.78, 5) is 25.9. The minimum absolute atomic E-state index is 0.0543. The number of nitrogens with zero attached hydrogens (tertiary/aromatic N) is 3. The van der Waals surface area contributed by atoms with Gasteiger partial charge >= 0.3 is 0 Å². The van der Waals surface area contributed by atoms with E-state index in [1.54, 1.807) is 17.7 Å². The monoisotopic (exact) mass is 288 g/mol. The molecule has 0 bridgehead atoms. The Morgan fingerprint density at radius 3 is 2.70 bits per heavy atom. The van der Waals surface area contributed by atoms with Gasteiger partial charge < -0.3 is 9.55 Å². The first-order valence-electron chi connectivity index (χ1n) is 6.44. The van der Waals surface area contributed by atoms with E-state index >= 15 is 0 Å². The van der Waals surface area contributed by atoms with Gasteiger partial charge in [-0.3, -0.25) is 4.79 Å². The molecule has 3 rings (SSSR count). The summed E-state index contributed by atoms with van der Waals surface area (Å²) >= 11 is 1.57. The van der Waals surface area contributed by atoms with E-state index in [0.29, 0.717) is 12.4 Å². The summed E-state index contributed by atoms with van der Waals surface area (Å²) in [5.41, 5.74) is 3.06. The lowest BCUT2D eigenvalue weighted by atomic mass is 10.2. The molecule has 0 fully saturated rings. The molecule has 0 atom stereocenters. The second-order valence-corrected chi connectivity index (χ2v) is 6.22. The number of fused-ring (bicyclic) bond motifs is 1. The number of nitrogens with one attached hydrogen (secondary N) is 1. The van der Waals surface area contributed by atoms with Crippen molar-refractivity contribution >= 4 is 21.6 Å². The molecule has 0 radical (unpaired) electrons. The molecule has 0 spiro atoms. The predicted molar refractivity (Wildman–Crippen MR) is 80.5 cm³/mol. The van der Waals surface area contributed by atoms with Crippen molar-refractivity contribution < 1.29 is 0 Å². The quantitative estimate of drug-likeness (QED) is 0.788. The highest BCUT2D eigenvalue weighted by Gasteiger charge is 2.12. The van der Waals surface area contributed by atoms with E-state index < -0.39 is 0 Å². The summed E-state index contributed by atoms with van der Waals surface area (Å²) in [6, 6.07) is 0. The summed E-state index contributed by atoms with van der Waals surface area (Å²) in [6.07, 6.45) is 1.78. The SMILES string of the molecule is Cc1ncn(Cc2nc3sc(C)c(C)c3c(=O)[nH]2)c1C. The molecule has 5 nitrogen and oxygen atoms in total. The highest BCUT2D eigenvalue weighted by atomic mass is 32.1. The van der Waals surface area contributed by atoms with Gasteiger partial charge in [0.1, 0.15) is 10.7 Å². The van der Waals surface area contributed by atoms with E-state index in [4.69, 9.17) is 0 Å². The van der Waals surface area contributed by atoms with Crippen LogP contribution in [0.1, 0.15) is 27.7 Å². The molecule has 0 unspecified atom stereocenters. The first kappa shape index (κ1) is 13.1. The van der Waals surface area contributed by atoms with Gasteiger partial charge in [-0.15, -0.1) is 11.3 Å². The van der Waals surface area contributed by atoms with Crippen LogP contribution in [0.5, 0.6) is 0 Å². The predicted octanol–water partition coefficient (Wildman–Crippen LogP) is 2.46. The van der Waals surface area contributed by atoms with Crippen molar-refractivity contribution in [3.8, 4) is 0 Å². The van der Waals surface area contributed by atoms with Crippen LogP contribution in [0.25, 0.3) is 10.2 Å². The van der Waals surface area contributed by atoms with Crippen LogP contribution in [-0.2, 0) is 6.54 Å². The molecule has 0 aliphatic rings. The molecule has 1 N–H and O–H groups in total. The number of H-pyrrole nitrogens is 1. The Balaban J connectivity index is 2.09. The molecule has 0 saturated heterocycles. The van der Waals surface area contributed by atoms with Crippen LogP contribution in [0.2, 0.25) is 0 Å². The molecule has 0 aliphatic heterocycles. The zero-order chi connectivity index (χ0) is 14.4. The van der Waals surface area contributed by atoms with Gasteiger partial charge in [0.05, 0.1) is 24.0 Å². The molecule has 3 aromatic rings. The van der Waals surface area contributed by atoms with E-state index in [2.05, 4.69) is 15.0 Å². The number of rotatable bonds is 2. The average molecular weight is 288 g/mol. The number of aromatic nitrogens is 4. The normalized spacial score (nSPS) is 11.4. The van der Waals surface area contributed by atoms with Gasteiger partial charge in [-0.1, -0.05) is 0 Å². The summed E-state index contributed by atoms with van der Waals surface area (Å²) in [5, 5.41) is 0.717. The van der Waals surface area contributed by atoms with Gasteiger partial charge in [0.15, 0.2) is 0 Å². The number of hydrogen-bond acceptors (Lipinski definition) is 4. The third kappa shape index (κ3) is 1.96. The van der Waals surface area contributed by atoms with E-state index in [9.17, 15) is 4.79 Å². The molecule has 6 heteroatoms. The summed E-state index contributed by atoms with van der Waals surface area (Å²) in [6.45, 7) is 8.50. The second kappa shape index (κ2) is 4.56. The Hall–Kier alpha value is -1.95. The Labute approximate surface area is 120 Å². The first-order valence-corrected chi connectivity index (χ1v) is 7.26. The molecular weight excluding hydrogens is 272 g/mol. The minimum Gasteiger partial charge on any atom is -0.327 e. The van der Waals surface area contributed by atoms with Crippen molar-refractivity contribution in [3.63, 3.8) is 0 Å². The largest absolute Gasteiger partial charge is 0.327 e. The smallest absolute Gasteiger partial charge is 0.259 e. The van der Waals surface area contributed by atoms with Crippen LogP contribution in [0.15, 0.2) is 11.1 Å². The van der Waals surface area contributed by atoms with E-state index in [-0.39, 0.29) is 5.56 Å². The average Bonchev–Trinajstić information content (AvgIpc) is 2.84. The molecule has 0 saturated carbocycles. The van der Waals surface area contributed by atoms with E-state index in [1.807, 2.05) is 32.3 Å². The number of hydrogen-bond donors (Lipinski definition) is 1. The maximum atomic E-state index is 12.2. The second-order valence-electron chi connectivity index (χ2n) is 5.02. The first-order chi connectivity index (χ1) is 9.47. The van der Waals surface area contributed by atoms with Crippen LogP contribution < -0.4 is 5.56 Å². The molecule has 0 aromatic carbocycles. The van der Waals surface area contributed by atoms with Crippen LogP contribution in [0.4, 0.5) is 0 Å². The van der Waals surface area contributed by atoms with Crippen LogP contribution in [0, 0.1) is 27.7 Å². The van der Waals surface area contributed by atoms with Crippen molar-refractivity contribution in [1.29, 1.82) is 0 Å². The fourth-order valence-electron chi connectivity index (χ4n) is 2.24. The third-order valence-electron chi connectivity index (χ3n) is 3.75. The number of aromatic amines is 1. The van der Waals surface area contributed by atoms with Gasteiger partial charge in [-0.25, -0.2) is 9.97 Å². The molecule has 20 heavy (non-hydrogen) atoms. The highest BCUT2D eigenvalue weighted by Crippen LogP contribution is 2.25. The van der Waals surface area contributed by atoms with Gasteiger partial charge in [0.25, 0.3) is 5.56 Å². The lowest BCUT2D eigenvalue weighted by molar-refractivity contribution is 0.724. The number of aryl methyl sites for hydroxylation is 3. The van der Waals surface area contributed by atoms with Crippen LogP contribution in [-0.4, -0.2) is 19.5 Å². The van der Waals surface area contributed by atoms with Crippen molar-refractivity contribution in [2.45, 2.75) is 34.2 Å². The number of imidazole rings is 1. The Kier molecular flexibility index (Phi) is 2.97. The maximum absolute atomic E-state index is 12.2. The Bertz CT molecular complexity index is 856. The van der Waals surface area contributed by atoms with Crippen molar-refractivity contribution in [3.05, 3.63) is 44.3 Å². The standard InChI is InChI=1S/C14H16N4OS/c1-7-10(4)20-14-12(7)13(19)16-11(17-14)5-18-6-15-8(2)9(18)3/h6H,5H2,1-4H3,(H,16,17,19). The molecular formula is C14H16N4OS. The Morgan fingerprint density at radius 2 is 2.05 bits per heavy atom. The zero-order valence-electron chi connectivity index (χ0n) is 11.9. The van der Waals surface area contributed by atoms with E-state index in [1.165, 1.54) is 0 Å². The fourth-order valence-corrected chi connectivity index (χ4v) is 3.29. The van der Waals surface area contributed by atoms with Crippen molar-refractivity contribution in [1.82, 2.24) is 19.5 Å². The lowest BCUT2D eigenvalue weighted by Gasteiger charge is -2.05. The van der Waals surface area contributed by atoms with E-state index in [0.717, 1.165) is 32.0 Å². The maximum Gasteiger partial charge on any atom is 0.259 e. The summed E-state index contributed by atoms with van der Waals surface area (Å²) in [7, 11) is 0. The number of thiophene rings is 1.